The van der Waals surface area contributed by atoms with Crippen molar-refractivity contribution in [2.75, 3.05) is 13.7 Å². The maximum atomic E-state index is 13.4. The van der Waals surface area contributed by atoms with Crippen LogP contribution in [-0.2, 0) is 9.53 Å². The van der Waals surface area contributed by atoms with Crippen molar-refractivity contribution in [3.63, 3.8) is 0 Å². The highest BCUT2D eigenvalue weighted by Crippen LogP contribution is 2.75. The molecule has 0 aromatic carbocycles. The van der Waals surface area contributed by atoms with Crippen molar-refractivity contribution >= 4 is 5.97 Å². The summed E-state index contributed by atoms with van der Waals surface area (Å²) in [5.74, 6) is 0.00277. The molecule has 4 fully saturated rings. The Kier molecular flexibility index (Phi) is 6.18. The standard InChI is InChI=1S/C31H50O6/c1-26(2)12-13-31(25(36)37-7)19(14-26)18-8-9-22-27(3)15-20(33)24(35)28(4,17-32)21(27)10-11-29(22,5)30(18,6)16-23(31)34/h8,19-24,32-35H,9-17H2,1-7H3/t19-,20-,21+,22+,23+,24-,27-,28-,29+,30+,31+/m0/s1. The zero-order valence-electron chi connectivity index (χ0n) is 24.0. The predicted molar refractivity (Wildman–Crippen MR) is 141 cm³/mol. The van der Waals surface area contributed by atoms with E-state index in [-0.39, 0.29) is 52.0 Å². The Labute approximate surface area is 222 Å². The Hall–Kier alpha value is -0.950. The van der Waals surface area contributed by atoms with Crippen molar-refractivity contribution in [3.8, 4) is 0 Å². The summed E-state index contributed by atoms with van der Waals surface area (Å²) >= 11 is 0. The number of aliphatic hydroxyl groups is 4. The van der Waals surface area contributed by atoms with Crippen LogP contribution in [0.2, 0.25) is 0 Å². The van der Waals surface area contributed by atoms with Gasteiger partial charge in [0, 0.05) is 5.41 Å². The van der Waals surface area contributed by atoms with Crippen molar-refractivity contribution in [2.24, 2.45) is 50.2 Å². The third kappa shape index (κ3) is 3.28. The average Bonchev–Trinajstić information content (AvgIpc) is 2.82. The number of hydrogen-bond donors (Lipinski definition) is 4. The number of carbonyl (C=O) groups excluding carboxylic acids is 1. The minimum absolute atomic E-state index is 0.0535. The molecule has 6 heteroatoms. The Morgan fingerprint density at radius 2 is 1.65 bits per heavy atom. The number of rotatable bonds is 2. The van der Waals surface area contributed by atoms with Gasteiger partial charge in [0.15, 0.2) is 0 Å². The molecule has 37 heavy (non-hydrogen) atoms. The van der Waals surface area contributed by atoms with Crippen LogP contribution in [0.4, 0.5) is 0 Å². The molecule has 0 aliphatic heterocycles. The van der Waals surface area contributed by atoms with E-state index in [4.69, 9.17) is 4.74 Å². The molecule has 6 nitrogen and oxygen atoms in total. The van der Waals surface area contributed by atoms with Crippen molar-refractivity contribution < 1.29 is 30.0 Å². The minimum Gasteiger partial charge on any atom is -0.468 e. The second kappa shape index (κ2) is 8.28. The summed E-state index contributed by atoms with van der Waals surface area (Å²) in [6.45, 7) is 13.3. The lowest BCUT2D eigenvalue weighted by Crippen LogP contribution is -2.69. The van der Waals surface area contributed by atoms with Gasteiger partial charge in [0.25, 0.3) is 0 Å². The molecule has 0 spiro atoms. The summed E-state index contributed by atoms with van der Waals surface area (Å²) in [5.41, 5.74) is -0.936. The third-order valence-electron chi connectivity index (χ3n) is 13.3. The predicted octanol–water partition coefficient (Wildman–Crippen LogP) is 4.24. The molecule has 4 N–H and O–H groups in total. The van der Waals surface area contributed by atoms with Crippen LogP contribution in [0.5, 0.6) is 0 Å². The van der Waals surface area contributed by atoms with Crippen LogP contribution in [-0.4, -0.2) is 58.4 Å². The minimum atomic E-state index is -0.938. The van der Waals surface area contributed by atoms with Gasteiger partial charge in [0.2, 0.25) is 0 Å². The first-order valence-electron chi connectivity index (χ1n) is 14.5. The number of fused-ring (bicyclic) bond motifs is 7. The SMILES string of the molecule is COC(=O)[C@]12CCC(C)(C)C[C@H]1C1=CC[C@@H]3[C@@]4(C)C[C@H](O)[C@H](O)[C@@](C)(CO)[C@@H]4CC[C@@]3(C)[C@]1(C)C[C@H]2O. The van der Waals surface area contributed by atoms with Crippen molar-refractivity contribution in [1.29, 1.82) is 0 Å². The van der Waals surface area contributed by atoms with Gasteiger partial charge in [-0.25, -0.2) is 0 Å². The highest BCUT2D eigenvalue weighted by Gasteiger charge is 2.72. The van der Waals surface area contributed by atoms with Crippen LogP contribution in [0.15, 0.2) is 11.6 Å². The normalized spacial score (nSPS) is 54.6. The largest absolute Gasteiger partial charge is 0.468 e. The summed E-state index contributed by atoms with van der Waals surface area (Å²) in [7, 11) is 1.45. The Bertz CT molecular complexity index is 990. The second-order valence-electron chi connectivity index (χ2n) is 15.3. The molecule has 0 aromatic rings. The number of ether oxygens (including phenoxy) is 1. The molecule has 0 aromatic heterocycles. The van der Waals surface area contributed by atoms with E-state index >= 15 is 0 Å². The first kappa shape index (κ1) is 27.6. The lowest BCUT2D eigenvalue weighted by molar-refractivity contribution is -0.248. The van der Waals surface area contributed by atoms with Crippen LogP contribution in [0, 0.1) is 50.2 Å². The van der Waals surface area contributed by atoms with E-state index < -0.39 is 29.1 Å². The van der Waals surface area contributed by atoms with E-state index in [1.807, 2.05) is 6.92 Å². The van der Waals surface area contributed by atoms with Crippen LogP contribution in [0.25, 0.3) is 0 Å². The average molecular weight is 519 g/mol. The summed E-state index contributed by atoms with van der Waals surface area (Å²) in [6, 6.07) is 0. The van der Waals surface area contributed by atoms with Crippen molar-refractivity contribution in [3.05, 3.63) is 11.6 Å². The molecule has 4 saturated carbocycles. The third-order valence-corrected chi connectivity index (χ3v) is 13.3. The highest BCUT2D eigenvalue weighted by molar-refractivity contribution is 5.79. The first-order valence-corrected chi connectivity index (χ1v) is 14.5. The Morgan fingerprint density at radius 1 is 0.973 bits per heavy atom. The summed E-state index contributed by atoms with van der Waals surface area (Å²) in [5, 5.41) is 44.3. The Morgan fingerprint density at radius 3 is 2.27 bits per heavy atom. The number of hydrogen-bond acceptors (Lipinski definition) is 6. The summed E-state index contributed by atoms with van der Waals surface area (Å²) < 4.78 is 5.38. The lowest BCUT2D eigenvalue weighted by Gasteiger charge is -2.72. The number of methoxy groups -OCH3 is 1. The van der Waals surface area contributed by atoms with Gasteiger partial charge in [-0.2, -0.15) is 0 Å². The lowest BCUT2D eigenvalue weighted by atomic mass is 9.33. The van der Waals surface area contributed by atoms with Gasteiger partial charge in [0.05, 0.1) is 32.0 Å². The zero-order valence-corrected chi connectivity index (χ0v) is 24.0. The number of aliphatic hydroxyl groups excluding tert-OH is 4. The number of allylic oxidation sites excluding steroid dienone is 2. The summed E-state index contributed by atoms with van der Waals surface area (Å²) in [4.78, 5) is 13.4. The second-order valence-corrected chi connectivity index (χ2v) is 15.3. The molecule has 210 valence electrons. The monoisotopic (exact) mass is 518 g/mol. The van der Waals surface area contributed by atoms with Crippen LogP contribution in [0.3, 0.4) is 0 Å². The number of esters is 1. The quantitative estimate of drug-likeness (QED) is 0.322. The van der Waals surface area contributed by atoms with Gasteiger partial charge in [-0.1, -0.05) is 53.2 Å². The fourth-order valence-corrected chi connectivity index (χ4v) is 11.0. The molecule has 5 aliphatic carbocycles. The van der Waals surface area contributed by atoms with Crippen LogP contribution >= 0.6 is 0 Å². The molecule has 11 atom stereocenters. The number of carbonyl (C=O) groups is 1. The zero-order chi connectivity index (χ0) is 27.4. The fraction of sp³-hybridized carbons (Fsp3) is 0.903. The molecule has 0 bridgehead atoms. The topological polar surface area (TPSA) is 107 Å². The highest BCUT2D eigenvalue weighted by atomic mass is 16.5. The van der Waals surface area contributed by atoms with E-state index in [1.165, 1.54) is 12.7 Å². The molecule has 0 unspecified atom stereocenters. The van der Waals surface area contributed by atoms with Crippen LogP contribution in [0.1, 0.15) is 92.9 Å². The Balaban J connectivity index is 1.64. The first-order chi connectivity index (χ1) is 17.1. The molecule has 0 heterocycles. The van der Waals surface area contributed by atoms with Gasteiger partial charge in [-0.3, -0.25) is 4.79 Å². The molecule has 5 aliphatic rings. The van der Waals surface area contributed by atoms with Gasteiger partial charge in [-0.15, -0.1) is 0 Å². The summed E-state index contributed by atoms with van der Waals surface area (Å²) in [6.07, 6.45) is 5.88. The smallest absolute Gasteiger partial charge is 0.315 e. The van der Waals surface area contributed by atoms with Crippen LogP contribution < -0.4 is 0 Å². The molecular weight excluding hydrogens is 468 g/mol. The van der Waals surface area contributed by atoms with Crippen molar-refractivity contribution in [1.82, 2.24) is 0 Å². The van der Waals surface area contributed by atoms with Gasteiger partial charge >= 0.3 is 5.97 Å². The van der Waals surface area contributed by atoms with E-state index in [0.717, 1.165) is 32.1 Å². The van der Waals surface area contributed by atoms with E-state index in [1.54, 1.807) is 0 Å². The maximum absolute atomic E-state index is 13.4. The molecule has 0 amide bonds. The van der Waals surface area contributed by atoms with E-state index in [2.05, 4.69) is 40.7 Å². The molecule has 0 saturated heterocycles. The molecular formula is C31H50O6. The van der Waals surface area contributed by atoms with Gasteiger partial charge in [0.1, 0.15) is 5.41 Å². The van der Waals surface area contributed by atoms with Gasteiger partial charge < -0.3 is 25.2 Å². The fourth-order valence-electron chi connectivity index (χ4n) is 11.0. The van der Waals surface area contributed by atoms with E-state index in [0.29, 0.717) is 19.3 Å². The van der Waals surface area contributed by atoms with E-state index in [9.17, 15) is 25.2 Å². The van der Waals surface area contributed by atoms with Gasteiger partial charge in [-0.05, 0) is 90.8 Å². The van der Waals surface area contributed by atoms with Crippen molar-refractivity contribution in [2.45, 2.75) is 111 Å². The maximum Gasteiger partial charge on any atom is 0.315 e. The molecule has 0 radical (unpaired) electrons. The molecule has 5 rings (SSSR count).